The molecule has 2 aromatic carbocycles. The Bertz CT molecular complexity index is 1150. The maximum atomic E-state index is 13.0. The van der Waals surface area contributed by atoms with E-state index in [2.05, 4.69) is 10.1 Å². The zero-order valence-corrected chi connectivity index (χ0v) is 16.8. The molecule has 0 aliphatic rings. The van der Waals surface area contributed by atoms with Crippen molar-refractivity contribution < 1.29 is 13.9 Å². The van der Waals surface area contributed by atoms with Crippen LogP contribution < -0.4 is 9.75 Å². The first-order chi connectivity index (χ1) is 14.1. The average molecular weight is 405 g/mol. The summed E-state index contributed by atoms with van der Waals surface area (Å²) in [6.45, 7) is 4.57. The second-order valence-electron chi connectivity index (χ2n) is 6.31. The third kappa shape index (κ3) is 4.20. The molecule has 0 atom stereocenters. The van der Waals surface area contributed by atoms with E-state index in [1.807, 2.05) is 56.3 Å². The molecule has 0 saturated carbocycles. The average Bonchev–Trinajstić information content (AvgIpc) is 3.39. The molecular formula is C22H19N3O3S. The molecule has 4 rings (SSSR count). The van der Waals surface area contributed by atoms with E-state index in [0.29, 0.717) is 11.7 Å². The van der Waals surface area contributed by atoms with Crippen LogP contribution in [0.25, 0.3) is 10.2 Å². The van der Waals surface area contributed by atoms with Gasteiger partial charge in [0.2, 0.25) is 5.13 Å². The zero-order chi connectivity index (χ0) is 20.2. The SMILES string of the molecule is CCOc1ccc(/C=N\N(C(=O)c2ccco2)c2nc3ccc(C)cc3s2)cc1. The quantitative estimate of drug-likeness (QED) is 0.323. The molecule has 0 aliphatic heterocycles. The number of fused-ring (bicyclic) bond motifs is 1. The number of benzene rings is 2. The van der Waals surface area contributed by atoms with Crippen molar-refractivity contribution in [2.45, 2.75) is 13.8 Å². The van der Waals surface area contributed by atoms with Crippen molar-refractivity contribution in [2.75, 3.05) is 11.6 Å². The molecule has 0 radical (unpaired) electrons. The van der Waals surface area contributed by atoms with E-state index in [0.717, 1.165) is 27.1 Å². The number of hydrazone groups is 1. The lowest BCUT2D eigenvalue weighted by atomic mass is 10.2. The number of ether oxygens (including phenoxy) is 1. The van der Waals surface area contributed by atoms with Crippen LogP contribution in [0.15, 0.2) is 70.4 Å². The van der Waals surface area contributed by atoms with Crippen LogP contribution in [0.2, 0.25) is 0 Å². The van der Waals surface area contributed by atoms with Crippen molar-refractivity contribution in [3.05, 3.63) is 77.7 Å². The molecular weight excluding hydrogens is 386 g/mol. The first kappa shape index (κ1) is 18.9. The molecule has 146 valence electrons. The van der Waals surface area contributed by atoms with Crippen molar-refractivity contribution in [1.82, 2.24) is 4.98 Å². The topological polar surface area (TPSA) is 67.9 Å². The molecule has 4 aromatic rings. The number of anilines is 1. The number of carbonyl (C=O) groups is 1. The second kappa shape index (κ2) is 8.28. The van der Waals surface area contributed by atoms with Crippen LogP contribution in [-0.4, -0.2) is 23.7 Å². The minimum atomic E-state index is -0.382. The smallest absolute Gasteiger partial charge is 0.316 e. The monoisotopic (exact) mass is 405 g/mol. The zero-order valence-electron chi connectivity index (χ0n) is 16.0. The van der Waals surface area contributed by atoms with Crippen LogP contribution >= 0.6 is 11.3 Å². The summed E-state index contributed by atoms with van der Waals surface area (Å²) < 4.78 is 11.7. The molecule has 0 fully saturated rings. The van der Waals surface area contributed by atoms with E-state index in [1.165, 1.54) is 22.6 Å². The van der Waals surface area contributed by atoms with Gasteiger partial charge in [-0.2, -0.15) is 10.1 Å². The normalized spacial score (nSPS) is 11.2. The predicted molar refractivity (Wildman–Crippen MR) is 115 cm³/mol. The Balaban J connectivity index is 1.68. The molecule has 0 unspecified atom stereocenters. The lowest BCUT2D eigenvalue weighted by molar-refractivity contribution is 0.0961. The minimum absolute atomic E-state index is 0.198. The Hall–Kier alpha value is -3.45. The highest BCUT2D eigenvalue weighted by atomic mass is 32.1. The van der Waals surface area contributed by atoms with Crippen LogP contribution in [0.1, 0.15) is 28.6 Å². The van der Waals surface area contributed by atoms with Gasteiger partial charge in [-0.25, -0.2) is 4.98 Å². The van der Waals surface area contributed by atoms with Crippen molar-refractivity contribution in [1.29, 1.82) is 0 Å². The van der Waals surface area contributed by atoms with Crippen LogP contribution in [0.5, 0.6) is 5.75 Å². The van der Waals surface area contributed by atoms with Gasteiger partial charge in [0.15, 0.2) is 5.76 Å². The first-order valence-corrected chi connectivity index (χ1v) is 9.97. The lowest BCUT2D eigenvalue weighted by Crippen LogP contribution is -2.25. The van der Waals surface area contributed by atoms with Crippen molar-refractivity contribution in [3.8, 4) is 5.75 Å². The number of amides is 1. The highest BCUT2D eigenvalue weighted by Crippen LogP contribution is 2.30. The third-order valence-corrected chi connectivity index (χ3v) is 5.15. The molecule has 0 aliphatic carbocycles. The third-order valence-electron chi connectivity index (χ3n) is 4.15. The number of furan rings is 1. The summed E-state index contributed by atoms with van der Waals surface area (Å²) in [5.41, 5.74) is 2.79. The molecule has 6 nitrogen and oxygen atoms in total. The number of hydrogen-bond donors (Lipinski definition) is 0. The second-order valence-corrected chi connectivity index (χ2v) is 7.32. The number of carbonyl (C=O) groups excluding carboxylic acids is 1. The molecule has 0 saturated heterocycles. The summed E-state index contributed by atoms with van der Waals surface area (Å²) in [6.07, 6.45) is 3.08. The number of aromatic nitrogens is 1. The number of nitrogens with zero attached hydrogens (tertiary/aromatic N) is 3. The molecule has 0 bridgehead atoms. The molecule has 1 amide bonds. The van der Waals surface area contributed by atoms with Crippen molar-refractivity contribution in [3.63, 3.8) is 0 Å². The Morgan fingerprint density at radius 3 is 2.79 bits per heavy atom. The lowest BCUT2D eigenvalue weighted by Gasteiger charge is -2.12. The van der Waals surface area contributed by atoms with Crippen molar-refractivity contribution in [2.24, 2.45) is 5.10 Å². The molecule has 2 aromatic heterocycles. The number of rotatable bonds is 6. The van der Waals surface area contributed by atoms with Crippen molar-refractivity contribution >= 4 is 38.8 Å². The van der Waals surface area contributed by atoms with E-state index >= 15 is 0 Å². The fraction of sp³-hybridized carbons (Fsp3) is 0.136. The van der Waals surface area contributed by atoms with E-state index in [9.17, 15) is 4.79 Å². The fourth-order valence-corrected chi connectivity index (χ4v) is 3.77. The molecule has 29 heavy (non-hydrogen) atoms. The number of aryl methyl sites for hydroxylation is 1. The molecule has 2 heterocycles. The van der Waals surface area contributed by atoms with Gasteiger partial charge < -0.3 is 9.15 Å². The van der Waals surface area contributed by atoms with Gasteiger partial charge in [0.25, 0.3) is 0 Å². The molecule has 7 heteroatoms. The standard InChI is InChI=1S/C22H19N3O3S/c1-3-27-17-9-7-16(8-10-17)14-23-25(21(26)19-5-4-12-28-19)22-24-18-11-6-15(2)13-20(18)29-22/h4-14H,3H2,1-2H3/b23-14-. The van der Waals surface area contributed by atoms with Crippen LogP contribution in [0, 0.1) is 6.92 Å². The van der Waals surface area contributed by atoms with Gasteiger partial charge >= 0.3 is 5.91 Å². The Labute approximate surface area is 172 Å². The van der Waals surface area contributed by atoms with Crippen LogP contribution in [0.4, 0.5) is 5.13 Å². The van der Waals surface area contributed by atoms with Crippen LogP contribution in [-0.2, 0) is 0 Å². The van der Waals surface area contributed by atoms with E-state index in [-0.39, 0.29) is 11.7 Å². The summed E-state index contributed by atoms with van der Waals surface area (Å²) in [5.74, 6) is 0.604. The summed E-state index contributed by atoms with van der Waals surface area (Å²) in [6, 6.07) is 16.8. The molecule has 0 N–H and O–H groups in total. The largest absolute Gasteiger partial charge is 0.494 e. The maximum absolute atomic E-state index is 13.0. The molecule has 0 spiro atoms. The highest BCUT2D eigenvalue weighted by Gasteiger charge is 2.23. The summed E-state index contributed by atoms with van der Waals surface area (Å²) >= 11 is 1.41. The maximum Gasteiger partial charge on any atom is 0.316 e. The van der Waals surface area contributed by atoms with Gasteiger partial charge in [-0.05, 0) is 73.5 Å². The van der Waals surface area contributed by atoms with Gasteiger partial charge in [0.1, 0.15) is 5.75 Å². The van der Waals surface area contributed by atoms with Crippen LogP contribution in [0.3, 0.4) is 0 Å². The predicted octanol–water partition coefficient (Wildman–Crippen LogP) is 5.28. The van der Waals surface area contributed by atoms with Gasteiger partial charge in [0.05, 0.1) is 29.3 Å². The number of thiazole rings is 1. The summed E-state index contributed by atoms with van der Waals surface area (Å²) in [7, 11) is 0. The fourth-order valence-electron chi connectivity index (χ4n) is 2.74. The summed E-state index contributed by atoms with van der Waals surface area (Å²) in [4.78, 5) is 17.6. The summed E-state index contributed by atoms with van der Waals surface area (Å²) in [5, 5.41) is 6.17. The van der Waals surface area contributed by atoms with E-state index in [1.54, 1.807) is 18.3 Å². The Morgan fingerprint density at radius 1 is 1.24 bits per heavy atom. The Morgan fingerprint density at radius 2 is 2.07 bits per heavy atom. The minimum Gasteiger partial charge on any atom is -0.494 e. The van der Waals surface area contributed by atoms with Gasteiger partial charge in [-0.1, -0.05) is 17.4 Å². The van der Waals surface area contributed by atoms with E-state index in [4.69, 9.17) is 9.15 Å². The number of hydrogen-bond acceptors (Lipinski definition) is 6. The highest BCUT2D eigenvalue weighted by molar-refractivity contribution is 7.22. The first-order valence-electron chi connectivity index (χ1n) is 9.16. The Kier molecular flexibility index (Phi) is 5.39. The van der Waals surface area contributed by atoms with Gasteiger partial charge in [0, 0.05) is 0 Å². The van der Waals surface area contributed by atoms with E-state index < -0.39 is 0 Å². The van der Waals surface area contributed by atoms with Gasteiger partial charge in [-0.15, -0.1) is 0 Å². The van der Waals surface area contributed by atoms with Gasteiger partial charge in [-0.3, -0.25) is 4.79 Å².